The molecular weight excluding hydrogens is 297 g/mol. The van der Waals surface area contributed by atoms with Gasteiger partial charge in [-0.25, -0.2) is 4.39 Å². The van der Waals surface area contributed by atoms with Gasteiger partial charge in [-0.05, 0) is 30.2 Å². The zero-order valence-corrected chi connectivity index (χ0v) is 12.6. The van der Waals surface area contributed by atoms with Gasteiger partial charge < -0.3 is 10.0 Å². The van der Waals surface area contributed by atoms with Crippen LogP contribution in [0.25, 0.3) is 0 Å². The molecular formula is C18H16FNO3. The van der Waals surface area contributed by atoms with Gasteiger partial charge in [0, 0.05) is 0 Å². The number of nitrogens with zero attached hydrogens (tertiary/aromatic N) is 1. The van der Waals surface area contributed by atoms with E-state index in [0.717, 1.165) is 5.56 Å². The standard InChI is InChI=1S/C18H16FNO3/c1-18(10-16(21)22)14-8-7-13(19)9-15(14)20(17(18)23)11-12-5-3-2-4-6-12/h2-9H,10-11H2,1H3,(H,21,22). The van der Waals surface area contributed by atoms with Gasteiger partial charge >= 0.3 is 5.97 Å². The largest absolute Gasteiger partial charge is 0.481 e. The predicted molar refractivity (Wildman–Crippen MR) is 83.6 cm³/mol. The van der Waals surface area contributed by atoms with Gasteiger partial charge in [0.05, 0.1) is 24.1 Å². The molecule has 4 nitrogen and oxygen atoms in total. The number of aliphatic carboxylic acids is 1. The zero-order valence-electron chi connectivity index (χ0n) is 12.6. The van der Waals surface area contributed by atoms with Crippen molar-refractivity contribution in [2.45, 2.75) is 25.3 Å². The maximum absolute atomic E-state index is 13.7. The molecule has 0 radical (unpaired) electrons. The Bertz CT molecular complexity index is 775. The average Bonchev–Trinajstić information content (AvgIpc) is 2.69. The first-order valence-electron chi connectivity index (χ1n) is 7.29. The van der Waals surface area contributed by atoms with Crippen molar-refractivity contribution in [3.05, 3.63) is 65.5 Å². The molecule has 0 bridgehead atoms. The highest BCUT2D eigenvalue weighted by Crippen LogP contribution is 2.44. The van der Waals surface area contributed by atoms with E-state index in [0.29, 0.717) is 11.3 Å². The molecule has 5 heteroatoms. The first-order valence-corrected chi connectivity index (χ1v) is 7.29. The molecule has 0 saturated carbocycles. The highest BCUT2D eigenvalue weighted by atomic mass is 19.1. The minimum absolute atomic E-state index is 0.283. The smallest absolute Gasteiger partial charge is 0.304 e. The van der Waals surface area contributed by atoms with Crippen LogP contribution < -0.4 is 4.90 Å². The van der Waals surface area contributed by atoms with Crippen molar-refractivity contribution in [1.29, 1.82) is 0 Å². The molecule has 1 heterocycles. The summed E-state index contributed by atoms with van der Waals surface area (Å²) in [5.74, 6) is -1.82. The Morgan fingerprint density at radius 2 is 1.91 bits per heavy atom. The van der Waals surface area contributed by atoms with Crippen molar-refractivity contribution in [3.8, 4) is 0 Å². The molecule has 0 aliphatic carbocycles. The number of anilines is 1. The number of fused-ring (bicyclic) bond motifs is 1. The summed E-state index contributed by atoms with van der Waals surface area (Å²) in [5.41, 5.74) is 0.726. The van der Waals surface area contributed by atoms with Crippen molar-refractivity contribution in [3.63, 3.8) is 0 Å². The Kier molecular flexibility index (Phi) is 3.64. The van der Waals surface area contributed by atoms with Gasteiger partial charge in [-0.15, -0.1) is 0 Å². The minimum Gasteiger partial charge on any atom is -0.481 e. The second-order valence-electron chi connectivity index (χ2n) is 5.94. The normalized spacial score (nSPS) is 19.7. The number of carboxylic acid groups (broad SMARTS) is 1. The molecule has 1 aliphatic rings. The second kappa shape index (κ2) is 5.50. The summed E-state index contributed by atoms with van der Waals surface area (Å²) in [4.78, 5) is 25.5. The molecule has 1 N–H and O–H groups in total. The van der Waals surface area contributed by atoms with Crippen LogP contribution in [0.5, 0.6) is 0 Å². The van der Waals surface area contributed by atoms with E-state index < -0.39 is 17.2 Å². The maximum Gasteiger partial charge on any atom is 0.304 e. The molecule has 118 valence electrons. The van der Waals surface area contributed by atoms with Crippen molar-refractivity contribution in [2.75, 3.05) is 4.90 Å². The zero-order chi connectivity index (χ0) is 16.6. The molecule has 0 spiro atoms. The van der Waals surface area contributed by atoms with Gasteiger partial charge in [-0.3, -0.25) is 9.59 Å². The van der Waals surface area contributed by atoms with E-state index >= 15 is 0 Å². The maximum atomic E-state index is 13.7. The van der Waals surface area contributed by atoms with Crippen LogP contribution in [0.15, 0.2) is 48.5 Å². The van der Waals surface area contributed by atoms with E-state index in [1.165, 1.54) is 23.1 Å². The van der Waals surface area contributed by atoms with Crippen LogP contribution in [0, 0.1) is 5.82 Å². The van der Waals surface area contributed by atoms with Gasteiger partial charge in [-0.1, -0.05) is 36.4 Å². The van der Waals surface area contributed by atoms with Crippen molar-refractivity contribution < 1.29 is 19.1 Å². The Balaban J connectivity index is 2.06. The van der Waals surface area contributed by atoms with E-state index in [9.17, 15) is 14.0 Å². The lowest BCUT2D eigenvalue weighted by Crippen LogP contribution is -2.39. The van der Waals surface area contributed by atoms with E-state index in [-0.39, 0.29) is 18.9 Å². The van der Waals surface area contributed by atoms with Crippen LogP contribution >= 0.6 is 0 Å². The van der Waals surface area contributed by atoms with Gasteiger partial charge in [0.1, 0.15) is 5.82 Å². The van der Waals surface area contributed by atoms with Crippen LogP contribution in [-0.2, 0) is 21.5 Å². The number of carbonyl (C=O) groups is 2. The monoisotopic (exact) mass is 313 g/mol. The number of hydrogen-bond donors (Lipinski definition) is 1. The highest BCUT2D eigenvalue weighted by molar-refractivity contribution is 6.09. The Morgan fingerprint density at radius 3 is 2.57 bits per heavy atom. The first kappa shape index (κ1) is 15.2. The molecule has 2 aromatic carbocycles. The van der Waals surface area contributed by atoms with Gasteiger partial charge in [0.15, 0.2) is 0 Å². The number of amides is 1. The lowest BCUT2D eigenvalue weighted by atomic mass is 9.81. The average molecular weight is 313 g/mol. The fourth-order valence-electron chi connectivity index (χ4n) is 3.11. The summed E-state index contributed by atoms with van der Waals surface area (Å²) < 4.78 is 13.7. The number of carboxylic acids is 1. The summed E-state index contributed by atoms with van der Waals surface area (Å²) >= 11 is 0. The highest BCUT2D eigenvalue weighted by Gasteiger charge is 2.48. The summed E-state index contributed by atoms with van der Waals surface area (Å²) in [6.45, 7) is 1.89. The van der Waals surface area contributed by atoms with E-state index in [1.807, 2.05) is 30.3 Å². The third-order valence-corrected chi connectivity index (χ3v) is 4.25. The van der Waals surface area contributed by atoms with Crippen molar-refractivity contribution in [1.82, 2.24) is 0 Å². The third-order valence-electron chi connectivity index (χ3n) is 4.25. The number of benzene rings is 2. The SMILES string of the molecule is CC1(CC(=O)O)C(=O)N(Cc2ccccc2)c2cc(F)ccc21. The Hall–Kier alpha value is -2.69. The summed E-state index contributed by atoms with van der Waals surface area (Å²) in [7, 11) is 0. The minimum atomic E-state index is -1.18. The second-order valence-corrected chi connectivity index (χ2v) is 5.94. The van der Waals surface area contributed by atoms with Crippen LogP contribution in [0.1, 0.15) is 24.5 Å². The summed E-state index contributed by atoms with van der Waals surface area (Å²) in [6.07, 6.45) is -0.324. The Morgan fingerprint density at radius 1 is 1.22 bits per heavy atom. The lowest BCUT2D eigenvalue weighted by Gasteiger charge is -2.22. The summed E-state index contributed by atoms with van der Waals surface area (Å²) in [5, 5.41) is 9.17. The molecule has 1 atom stereocenters. The number of carbonyl (C=O) groups excluding carboxylic acids is 1. The summed E-state index contributed by atoms with van der Waals surface area (Å²) in [6, 6.07) is 13.4. The molecule has 0 fully saturated rings. The number of rotatable bonds is 4. The van der Waals surface area contributed by atoms with Crippen molar-refractivity contribution in [2.24, 2.45) is 0 Å². The fraction of sp³-hybridized carbons (Fsp3) is 0.222. The van der Waals surface area contributed by atoms with Crippen LogP contribution in [-0.4, -0.2) is 17.0 Å². The molecule has 3 rings (SSSR count). The van der Waals surface area contributed by atoms with Gasteiger partial charge in [0.25, 0.3) is 0 Å². The predicted octanol–water partition coefficient (Wildman–Crippen LogP) is 3.10. The topological polar surface area (TPSA) is 57.6 Å². The Labute approximate surface area is 133 Å². The van der Waals surface area contributed by atoms with Gasteiger partial charge in [0.2, 0.25) is 5.91 Å². The number of hydrogen-bond acceptors (Lipinski definition) is 2. The van der Waals surface area contributed by atoms with E-state index in [2.05, 4.69) is 0 Å². The molecule has 0 aromatic heterocycles. The molecule has 2 aromatic rings. The molecule has 1 unspecified atom stereocenters. The quantitative estimate of drug-likeness (QED) is 0.943. The van der Waals surface area contributed by atoms with Crippen molar-refractivity contribution >= 4 is 17.6 Å². The van der Waals surface area contributed by atoms with E-state index in [1.54, 1.807) is 6.92 Å². The first-order chi connectivity index (χ1) is 10.9. The van der Waals surface area contributed by atoms with E-state index in [4.69, 9.17) is 5.11 Å². The third kappa shape index (κ3) is 2.59. The molecule has 1 amide bonds. The van der Waals surface area contributed by atoms with Crippen LogP contribution in [0.2, 0.25) is 0 Å². The fourth-order valence-corrected chi connectivity index (χ4v) is 3.11. The lowest BCUT2D eigenvalue weighted by molar-refractivity contribution is -0.141. The van der Waals surface area contributed by atoms with Crippen LogP contribution in [0.3, 0.4) is 0 Å². The molecule has 1 aliphatic heterocycles. The molecule has 23 heavy (non-hydrogen) atoms. The van der Waals surface area contributed by atoms with Gasteiger partial charge in [-0.2, -0.15) is 0 Å². The molecule has 0 saturated heterocycles. The van der Waals surface area contributed by atoms with Crippen LogP contribution in [0.4, 0.5) is 10.1 Å². The number of halogens is 1.